The number of nitrogens with zero attached hydrogens (tertiary/aromatic N) is 8. The van der Waals surface area contributed by atoms with Crippen LogP contribution in [0.15, 0.2) is 128 Å². The van der Waals surface area contributed by atoms with Gasteiger partial charge in [-0.1, -0.05) is 66.2 Å². The molecule has 432 valence electrons. The van der Waals surface area contributed by atoms with Crippen molar-refractivity contribution in [3.8, 4) is 46.1 Å². The maximum atomic E-state index is 18.4. The fourth-order valence-corrected chi connectivity index (χ4v) is 12.1. The molecular formula is C63H62ClF5N8O6. The maximum Gasteiger partial charge on any atom is 0.417 e. The molecule has 11 rings (SSSR count). The molecule has 0 N–H and O–H groups in total. The van der Waals surface area contributed by atoms with E-state index in [-0.39, 0.29) is 74.6 Å². The minimum atomic E-state index is -5.04. The molecule has 2 saturated heterocycles. The van der Waals surface area contributed by atoms with E-state index < -0.39 is 57.1 Å². The van der Waals surface area contributed by atoms with Gasteiger partial charge in [0.25, 0.3) is 0 Å². The minimum absolute atomic E-state index is 0.00790. The highest BCUT2D eigenvalue weighted by Gasteiger charge is 2.50. The lowest BCUT2D eigenvalue weighted by Crippen LogP contribution is -2.43. The SMILES string of the molecule is COc1ccc(CN(Cc2ccc(OC)cc2)c2ccc(C(F)(F)F)c(-c3nc4c5c(nc(OC[C@@]67CCCN6C[C@H](F)C7)nc5c3F)N([C@H](C)c3cccnc3N(Cc3ccc(OC)cc3)Cc3ccc(OC)cc3)CCO4)c2Cl)cc1. The summed E-state index contributed by atoms with van der Waals surface area (Å²) < 4.78 is 115. The summed E-state index contributed by atoms with van der Waals surface area (Å²) in [4.78, 5) is 27.3. The second-order valence-corrected chi connectivity index (χ2v) is 21.4. The molecule has 3 atom stereocenters. The molecule has 3 aliphatic rings. The van der Waals surface area contributed by atoms with Gasteiger partial charge in [-0.15, -0.1) is 0 Å². The van der Waals surface area contributed by atoms with E-state index >= 15 is 22.0 Å². The number of anilines is 3. The molecule has 0 spiro atoms. The van der Waals surface area contributed by atoms with E-state index in [9.17, 15) is 0 Å². The van der Waals surface area contributed by atoms with Crippen LogP contribution in [0, 0.1) is 5.82 Å². The predicted molar refractivity (Wildman–Crippen MR) is 309 cm³/mol. The first kappa shape index (κ1) is 56.7. The first-order chi connectivity index (χ1) is 40.1. The number of aromatic nitrogens is 4. The van der Waals surface area contributed by atoms with Gasteiger partial charge in [0, 0.05) is 56.5 Å². The molecule has 14 nitrogen and oxygen atoms in total. The maximum absolute atomic E-state index is 18.4. The molecule has 6 heterocycles. The van der Waals surface area contributed by atoms with Crippen molar-refractivity contribution in [2.24, 2.45) is 0 Å². The highest BCUT2D eigenvalue weighted by Crippen LogP contribution is 2.50. The Labute approximate surface area is 483 Å². The number of alkyl halides is 4. The smallest absolute Gasteiger partial charge is 0.417 e. The zero-order chi connectivity index (χ0) is 58.0. The van der Waals surface area contributed by atoms with Gasteiger partial charge in [0.15, 0.2) is 5.82 Å². The second-order valence-electron chi connectivity index (χ2n) is 21.1. The third-order valence-electron chi connectivity index (χ3n) is 16.0. The zero-order valence-electron chi connectivity index (χ0n) is 46.6. The number of rotatable bonds is 20. The van der Waals surface area contributed by atoms with Gasteiger partial charge in [-0.05, 0) is 115 Å². The summed E-state index contributed by atoms with van der Waals surface area (Å²) in [6, 6.07) is 35.3. The third kappa shape index (κ3) is 11.8. The van der Waals surface area contributed by atoms with Crippen molar-refractivity contribution in [1.82, 2.24) is 24.8 Å². The Bertz CT molecular complexity index is 3490. The molecule has 0 unspecified atom stereocenters. The topological polar surface area (TPSA) is 120 Å². The van der Waals surface area contributed by atoms with E-state index in [1.807, 2.05) is 102 Å². The van der Waals surface area contributed by atoms with Gasteiger partial charge in [0.05, 0.1) is 62.8 Å². The van der Waals surface area contributed by atoms with Crippen LogP contribution in [0.25, 0.3) is 22.2 Å². The number of hydrogen-bond donors (Lipinski definition) is 0. The summed E-state index contributed by atoms with van der Waals surface area (Å²) in [5.74, 6) is 2.03. The van der Waals surface area contributed by atoms with Crippen LogP contribution in [-0.4, -0.2) is 97.8 Å². The van der Waals surface area contributed by atoms with Crippen LogP contribution in [-0.2, 0) is 32.4 Å². The average Bonchev–Trinajstić information content (AvgIpc) is 2.94. The first-order valence-corrected chi connectivity index (χ1v) is 27.7. The lowest BCUT2D eigenvalue weighted by atomic mass is 9.95. The van der Waals surface area contributed by atoms with E-state index in [1.165, 1.54) is 6.07 Å². The van der Waals surface area contributed by atoms with Gasteiger partial charge in [-0.25, -0.2) is 18.7 Å². The van der Waals surface area contributed by atoms with Crippen molar-refractivity contribution in [3.05, 3.63) is 172 Å². The van der Waals surface area contributed by atoms with Crippen LogP contribution < -0.4 is 43.1 Å². The van der Waals surface area contributed by atoms with Crippen molar-refractivity contribution >= 4 is 39.8 Å². The van der Waals surface area contributed by atoms with Gasteiger partial charge >= 0.3 is 12.2 Å². The number of methoxy groups -OCH3 is 4. The quantitative estimate of drug-likeness (QED) is 0.0673. The average molecular weight is 1160 g/mol. The molecule has 2 fully saturated rings. The number of hydrogen-bond acceptors (Lipinski definition) is 14. The number of benzene rings is 5. The van der Waals surface area contributed by atoms with Crippen LogP contribution in [0.4, 0.5) is 39.3 Å². The van der Waals surface area contributed by atoms with Crippen LogP contribution in [0.5, 0.6) is 34.9 Å². The Balaban J connectivity index is 1.05. The fraction of sp³-hybridized carbons (Fsp3) is 0.333. The standard InChI is InChI=1S/C63H62ClF5N8O6/c1-39(49-8-6-28-70-58(49)75(35-42-13-21-47(80-4)22-14-42)36-43-15-23-48(81-5)24-16-43)77-30-31-82-60-53-57(72-61(73-59(53)77)83-38-62-27-7-29-76(62)37-44(65)32-62)55(66)56(71-60)52-50(63(67,68)69)25-26-51(54(52)64)74(33-40-9-17-45(78-2)18-10-40)34-41-11-19-46(79-3)20-12-41/h6,8-26,28,39,44H,7,27,29-38H2,1-5H3/t39-,44-,62+/m1/s1. The normalized spacial score (nSPS) is 17.1. The van der Waals surface area contributed by atoms with Gasteiger partial charge in [0.2, 0.25) is 5.88 Å². The molecule has 0 amide bonds. The lowest BCUT2D eigenvalue weighted by molar-refractivity contribution is -0.137. The summed E-state index contributed by atoms with van der Waals surface area (Å²) in [5.41, 5.74) is 0.747. The summed E-state index contributed by atoms with van der Waals surface area (Å²) >= 11 is 7.34. The van der Waals surface area contributed by atoms with E-state index in [0.29, 0.717) is 54.9 Å². The molecule has 5 aromatic carbocycles. The minimum Gasteiger partial charge on any atom is -0.497 e. The highest BCUT2D eigenvalue weighted by atomic mass is 35.5. The number of fused-ring (bicyclic) bond motifs is 1. The van der Waals surface area contributed by atoms with Gasteiger partial charge in [0.1, 0.15) is 70.6 Å². The van der Waals surface area contributed by atoms with E-state index in [2.05, 4.69) is 19.8 Å². The molecule has 20 heteroatoms. The summed E-state index contributed by atoms with van der Waals surface area (Å²) in [6.07, 6.45) is -2.67. The highest BCUT2D eigenvalue weighted by molar-refractivity contribution is 6.36. The van der Waals surface area contributed by atoms with E-state index in [1.54, 1.807) is 58.9 Å². The van der Waals surface area contributed by atoms with Crippen LogP contribution in [0.1, 0.15) is 65.6 Å². The Kier molecular flexibility index (Phi) is 16.4. The van der Waals surface area contributed by atoms with Crippen molar-refractivity contribution in [2.45, 2.75) is 76.3 Å². The van der Waals surface area contributed by atoms with Crippen LogP contribution in [0.3, 0.4) is 0 Å². The molecule has 3 aromatic heterocycles. The Morgan fingerprint density at radius 1 is 0.723 bits per heavy atom. The van der Waals surface area contributed by atoms with Crippen molar-refractivity contribution in [3.63, 3.8) is 0 Å². The molecule has 0 saturated carbocycles. The Hall–Kier alpha value is -8.16. The van der Waals surface area contributed by atoms with Gasteiger partial charge in [-0.2, -0.15) is 23.1 Å². The van der Waals surface area contributed by atoms with Crippen molar-refractivity contribution in [2.75, 3.05) is 76.0 Å². The molecule has 8 aromatic rings. The van der Waals surface area contributed by atoms with Crippen LogP contribution >= 0.6 is 11.6 Å². The Morgan fingerprint density at radius 3 is 1.82 bits per heavy atom. The fourth-order valence-electron chi connectivity index (χ4n) is 11.7. The van der Waals surface area contributed by atoms with Gasteiger partial charge in [-0.3, -0.25) is 4.90 Å². The number of pyridine rings is 2. The summed E-state index contributed by atoms with van der Waals surface area (Å²) in [5, 5.41) is -0.400. The number of ether oxygens (including phenoxy) is 6. The Morgan fingerprint density at radius 2 is 1.28 bits per heavy atom. The van der Waals surface area contributed by atoms with E-state index in [0.717, 1.165) is 40.3 Å². The number of halogens is 6. The van der Waals surface area contributed by atoms with Crippen molar-refractivity contribution in [1.29, 1.82) is 0 Å². The molecular weight excluding hydrogens is 1100 g/mol. The summed E-state index contributed by atoms with van der Waals surface area (Å²) in [7, 11) is 6.34. The third-order valence-corrected chi connectivity index (χ3v) is 16.3. The molecule has 0 radical (unpaired) electrons. The molecule has 3 aliphatic heterocycles. The van der Waals surface area contributed by atoms with Crippen LogP contribution in [0.2, 0.25) is 5.02 Å². The van der Waals surface area contributed by atoms with Gasteiger partial charge < -0.3 is 43.1 Å². The summed E-state index contributed by atoms with van der Waals surface area (Å²) in [6.45, 7) is 4.20. The molecule has 83 heavy (non-hydrogen) atoms. The predicted octanol–water partition coefficient (Wildman–Crippen LogP) is 13.3. The molecule has 0 bridgehead atoms. The zero-order valence-corrected chi connectivity index (χ0v) is 47.3. The largest absolute Gasteiger partial charge is 0.497 e. The van der Waals surface area contributed by atoms with Crippen molar-refractivity contribution < 1.29 is 50.4 Å². The monoisotopic (exact) mass is 1160 g/mol. The second kappa shape index (κ2) is 24.0. The van der Waals surface area contributed by atoms with E-state index in [4.69, 9.17) is 50.0 Å². The lowest BCUT2D eigenvalue weighted by Gasteiger charge is -2.34. The first-order valence-electron chi connectivity index (χ1n) is 27.3. The molecule has 0 aliphatic carbocycles.